The van der Waals surface area contributed by atoms with Crippen molar-refractivity contribution in [1.82, 2.24) is 9.88 Å². The fourth-order valence-electron chi connectivity index (χ4n) is 2.67. The van der Waals surface area contributed by atoms with E-state index in [9.17, 15) is 18.0 Å². The number of urea groups is 1. The second-order valence-electron chi connectivity index (χ2n) is 6.68. The Hall–Kier alpha value is -2.97. The van der Waals surface area contributed by atoms with Crippen molar-refractivity contribution in [2.24, 2.45) is 0 Å². The number of aromatic nitrogens is 1. The average Bonchev–Trinajstić information content (AvgIpc) is 2.65. The van der Waals surface area contributed by atoms with Crippen molar-refractivity contribution in [3.05, 3.63) is 48.2 Å². The van der Waals surface area contributed by atoms with Crippen LogP contribution in [0.5, 0.6) is 11.6 Å². The van der Waals surface area contributed by atoms with E-state index in [1.54, 1.807) is 24.3 Å². The number of hydrogen-bond donors (Lipinski definition) is 1. The van der Waals surface area contributed by atoms with Gasteiger partial charge in [-0.3, -0.25) is 0 Å². The lowest BCUT2D eigenvalue weighted by Crippen LogP contribution is -2.57. The number of halogens is 3. The third-order valence-corrected chi connectivity index (χ3v) is 4.36. The van der Waals surface area contributed by atoms with E-state index in [2.05, 4.69) is 17.2 Å². The molecule has 3 rings (SSSR count). The predicted octanol–water partition coefficient (Wildman–Crippen LogP) is 4.57. The summed E-state index contributed by atoms with van der Waals surface area (Å²) in [7, 11) is 0. The lowest BCUT2D eigenvalue weighted by Gasteiger charge is -2.38. The second kappa shape index (κ2) is 9.02. The van der Waals surface area contributed by atoms with Gasteiger partial charge in [-0.2, -0.15) is 13.2 Å². The number of alkyl halides is 3. The Morgan fingerprint density at radius 3 is 2.62 bits per heavy atom. The van der Waals surface area contributed by atoms with Crippen molar-refractivity contribution in [3.63, 3.8) is 0 Å². The minimum atomic E-state index is -4.46. The van der Waals surface area contributed by atoms with Crippen LogP contribution in [0.15, 0.2) is 42.6 Å². The molecule has 29 heavy (non-hydrogen) atoms. The Morgan fingerprint density at radius 1 is 1.24 bits per heavy atom. The van der Waals surface area contributed by atoms with Crippen LogP contribution in [0, 0.1) is 0 Å². The number of ether oxygens (including phenoxy) is 2. The summed E-state index contributed by atoms with van der Waals surface area (Å²) in [5.41, 5.74) is -0.194. The smallest absolute Gasteiger partial charge is 0.416 e. The minimum Gasteiger partial charge on any atom is -0.494 e. The molecule has 1 aliphatic rings. The quantitative estimate of drug-likeness (QED) is 0.681. The minimum absolute atomic E-state index is 0.108. The highest BCUT2D eigenvalue weighted by Crippen LogP contribution is 2.31. The fraction of sp³-hybridized carbons (Fsp3) is 0.400. The van der Waals surface area contributed by atoms with E-state index in [1.165, 1.54) is 4.90 Å². The molecule has 0 atom stereocenters. The van der Waals surface area contributed by atoms with Crippen LogP contribution in [0.2, 0.25) is 0 Å². The van der Waals surface area contributed by atoms with E-state index >= 15 is 0 Å². The molecule has 1 N–H and O–H groups in total. The Kier molecular flexibility index (Phi) is 6.46. The van der Waals surface area contributed by atoms with Gasteiger partial charge in [-0.05, 0) is 36.8 Å². The molecule has 6 nitrogen and oxygen atoms in total. The first-order valence-electron chi connectivity index (χ1n) is 9.34. The number of hydrogen-bond acceptors (Lipinski definition) is 4. The first kappa shape index (κ1) is 20.8. The fourth-order valence-corrected chi connectivity index (χ4v) is 2.67. The van der Waals surface area contributed by atoms with E-state index in [1.807, 2.05) is 0 Å². The standard InChI is InChI=1S/C20H22F3N3O3/c1-2-3-10-28-16-6-4-15(5-7-16)25-19(27)26-12-17(13-26)29-18-11-14(8-9-24-18)20(21,22)23/h4-9,11,17H,2-3,10,12-13H2,1H3,(H,25,27). The molecule has 1 saturated heterocycles. The summed E-state index contributed by atoms with van der Waals surface area (Å²) >= 11 is 0. The normalized spacial score (nSPS) is 14.3. The second-order valence-corrected chi connectivity index (χ2v) is 6.68. The summed E-state index contributed by atoms with van der Waals surface area (Å²) in [5, 5.41) is 2.76. The van der Waals surface area contributed by atoms with E-state index < -0.39 is 17.8 Å². The van der Waals surface area contributed by atoms with Crippen molar-refractivity contribution in [1.29, 1.82) is 0 Å². The van der Waals surface area contributed by atoms with Gasteiger partial charge in [0.25, 0.3) is 0 Å². The maximum atomic E-state index is 12.7. The zero-order valence-electron chi connectivity index (χ0n) is 15.9. The summed E-state index contributed by atoms with van der Waals surface area (Å²) in [6.45, 7) is 3.27. The number of carbonyl (C=O) groups excluding carboxylic acids is 1. The van der Waals surface area contributed by atoms with Crippen LogP contribution in [0.4, 0.5) is 23.7 Å². The number of likely N-dealkylation sites (tertiary alicyclic amines) is 1. The summed E-state index contributed by atoms with van der Waals surface area (Å²) < 4.78 is 49.2. The molecule has 1 fully saturated rings. The zero-order chi connectivity index (χ0) is 20.9. The van der Waals surface area contributed by atoms with Crippen LogP contribution in [-0.4, -0.2) is 41.7 Å². The van der Waals surface area contributed by atoms with Crippen LogP contribution in [0.25, 0.3) is 0 Å². The van der Waals surface area contributed by atoms with Gasteiger partial charge in [0, 0.05) is 18.0 Å². The Morgan fingerprint density at radius 2 is 1.97 bits per heavy atom. The number of nitrogens with zero attached hydrogens (tertiary/aromatic N) is 2. The average molecular weight is 409 g/mol. The van der Waals surface area contributed by atoms with E-state index in [-0.39, 0.29) is 25.0 Å². The monoisotopic (exact) mass is 409 g/mol. The van der Waals surface area contributed by atoms with Crippen molar-refractivity contribution >= 4 is 11.7 Å². The summed E-state index contributed by atoms with van der Waals surface area (Å²) in [6.07, 6.45) is -1.77. The van der Waals surface area contributed by atoms with Crippen LogP contribution < -0.4 is 14.8 Å². The summed E-state index contributed by atoms with van der Waals surface area (Å²) in [6, 6.07) is 8.50. The molecular formula is C20H22F3N3O3. The maximum Gasteiger partial charge on any atom is 0.416 e. The molecule has 2 amide bonds. The Balaban J connectivity index is 1.44. The number of anilines is 1. The van der Waals surface area contributed by atoms with Crippen LogP contribution in [0.3, 0.4) is 0 Å². The molecule has 0 unspecified atom stereocenters. The van der Waals surface area contributed by atoms with Gasteiger partial charge in [0.1, 0.15) is 11.9 Å². The van der Waals surface area contributed by atoms with E-state index in [0.29, 0.717) is 12.3 Å². The largest absolute Gasteiger partial charge is 0.494 e. The van der Waals surface area contributed by atoms with Gasteiger partial charge < -0.3 is 19.7 Å². The van der Waals surface area contributed by atoms with Crippen molar-refractivity contribution in [2.45, 2.75) is 32.0 Å². The van der Waals surface area contributed by atoms with Gasteiger partial charge in [0.15, 0.2) is 0 Å². The number of nitrogens with one attached hydrogen (secondary N) is 1. The number of benzene rings is 1. The molecule has 1 aromatic carbocycles. The Bertz CT molecular complexity index is 822. The molecule has 0 saturated carbocycles. The first-order chi connectivity index (χ1) is 13.8. The van der Waals surface area contributed by atoms with Gasteiger partial charge in [0.2, 0.25) is 5.88 Å². The molecule has 1 aliphatic heterocycles. The predicted molar refractivity (Wildman–Crippen MR) is 101 cm³/mol. The Labute approximate surface area is 166 Å². The zero-order valence-corrected chi connectivity index (χ0v) is 15.9. The van der Waals surface area contributed by atoms with Crippen LogP contribution >= 0.6 is 0 Å². The molecule has 0 radical (unpaired) electrons. The topological polar surface area (TPSA) is 63.7 Å². The molecule has 156 valence electrons. The van der Waals surface area contributed by atoms with Crippen LogP contribution in [-0.2, 0) is 6.18 Å². The number of carbonyl (C=O) groups is 1. The highest BCUT2D eigenvalue weighted by atomic mass is 19.4. The highest BCUT2D eigenvalue weighted by molar-refractivity contribution is 5.90. The van der Waals surface area contributed by atoms with Gasteiger partial charge >= 0.3 is 12.2 Å². The van der Waals surface area contributed by atoms with Gasteiger partial charge in [-0.25, -0.2) is 9.78 Å². The lowest BCUT2D eigenvalue weighted by molar-refractivity contribution is -0.137. The van der Waals surface area contributed by atoms with Gasteiger partial charge in [0.05, 0.1) is 25.3 Å². The molecule has 2 heterocycles. The first-order valence-corrected chi connectivity index (χ1v) is 9.34. The van der Waals surface area contributed by atoms with Gasteiger partial charge in [-0.1, -0.05) is 13.3 Å². The summed E-state index contributed by atoms with van der Waals surface area (Å²) in [4.78, 5) is 17.5. The number of unbranched alkanes of at least 4 members (excludes halogenated alkanes) is 1. The SMILES string of the molecule is CCCCOc1ccc(NC(=O)N2CC(Oc3cc(C(F)(F)F)ccn3)C2)cc1. The van der Waals surface area contributed by atoms with Crippen molar-refractivity contribution in [2.75, 3.05) is 25.0 Å². The highest BCUT2D eigenvalue weighted by Gasteiger charge is 2.34. The molecule has 1 aromatic heterocycles. The van der Waals surface area contributed by atoms with E-state index in [4.69, 9.17) is 9.47 Å². The number of pyridine rings is 1. The lowest BCUT2D eigenvalue weighted by atomic mass is 10.2. The number of rotatable bonds is 7. The molecule has 0 spiro atoms. The van der Waals surface area contributed by atoms with Crippen molar-refractivity contribution in [3.8, 4) is 11.6 Å². The third-order valence-electron chi connectivity index (χ3n) is 4.36. The molecule has 2 aromatic rings. The van der Waals surface area contributed by atoms with Gasteiger partial charge in [-0.15, -0.1) is 0 Å². The van der Waals surface area contributed by atoms with Crippen molar-refractivity contribution < 1.29 is 27.4 Å². The maximum absolute atomic E-state index is 12.7. The summed E-state index contributed by atoms with van der Waals surface area (Å²) in [5.74, 6) is 0.631. The number of amides is 2. The molecule has 0 bridgehead atoms. The van der Waals surface area contributed by atoms with Crippen LogP contribution in [0.1, 0.15) is 25.3 Å². The molecule has 9 heteroatoms. The third kappa shape index (κ3) is 5.75. The molecule has 0 aliphatic carbocycles. The van der Waals surface area contributed by atoms with E-state index in [0.717, 1.165) is 36.9 Å². The molecular weight excluding hydrogens is 387 g/mol.